The van der Waals surface area contributed by atoms with Crippen molar-refractivity contribution in [3.8, 4) is 55.6 Å². The molecule has 6 rings (SSSR count). The van der Waals surface area contributed by atoms with Crippen LogP contribution in [0.15, 0.2) is 158 Å². The van der Waals surface area contributed by atoms with Gasteiger partial charge in [0.25, 0.3) is 0 Å². The van der Waals surface area contributed by atoms with Crippen molar-refractivity contribution in [2.75, 3.05) is 0 Å². The Labute approximate surface area is 213 Å². The Bertz CT molecular complexity index is 1500. The predicted molar refractivity (Wildman–Crippen MR) is 154 cm³/mol. The molecule has 0 heteroatoms. The second-order valence-corrected chi connectivity index (χ2v) is 9.06. The van der Waals surface area contributed by atoms with Gasteiger partial charge in [-0.15, -0.1) is 0 Å². The Morgan fingerprint density at radius 2 is 0.389 bits per heavy atom. The van der Waals surface area contributed by atoms with E-state index in [9.17, 15) is 0 Å². The number of rotatable bonds is 5. The molecule has 0 unspecified atom stereocenters. The topological polar surface area (TPSA) is 0 Å². The van der Waals surface area contributed by atoms with E-state index in [1.165, 1.54) is 55.6 Å². The highest BCUT2D eigenvalue weighted by molar-refractivity contribution is 5.84. The fraction of sp³-hybridized carbons (Fsp3) is 0. The molecule has 0 radical (unpaired) electrons. The van der Waals surface area contributed by atoms with Gasteiger partial charge in [0, 0.05) is 0 Å². The van der Waals surface area contributed by atoms with Crippen LogP contribution in [0.5, 0.6) is 0 Å². The molecule has 0 amide bonds. The maximum absolute atomic E-state index is 2.32. The van der Waals surface area contributed by atoms with E-state index >= 15 is 0 Å². The molecule has 0 N–H and O–H groups in total. The Kier molecular flexibility index (Phi) is 6.00. The standard InChI is InChI=1S/C36H26/c1-4-12-27(13-5-1)30-18-10-20-32(22-30)35-24-34(29-16-8-3-9-17-29)25-36(26-35)33-21-11-19-31(23-33)28-14-6-2-7-15-28/h1-26H. The number of hydrogen-bond acceptors (Lipinski definition) is 0. The summed E-state index contributed by atoms with van der Waals surface area (Å²) in [5.41, 5.74) is 12.2. The third-order valence-electron chi connectivity index (χ3n) is 6.65. The van der Waals surface area contributed by atoms with Gasteiger partial charge >= 0.3 is 0 Å². The first kappa shape index (κ1) is 21.8. The fourth-order valence-electron chi connectivity index (χ4n) is 4.78. The zero-order valence-corrected chi connectivity index (χ0v) is 20.0. The van der Waals surface area contributed by atoms with Crippen LogP contribution in [0.1, 0.15) is 0 Å². The van der Waals surface area contributed by atoms with E-state index in [4.69, 9.17) is 0 Å². The molecule has 0 nitrogen and oxygen atoms in total. The summed E-state index contributed by atoms with van der Waals surface area (Å²) in [5.74, 6) is 0. The van der Waals surface area contributed by atoms with Gasteiger partial charge in [0.05, 0.1) is 0 Å². The average molecular weight is 459 g/mol. The molecule has 0 bridgehead atoms. The van der Waals surface area contributed by atoms with Gasteiger partial charge in [-0.25, -0.2) is 0 Å². The van der Waals surface area contributed by atoms with Crippen molar-refractivity contribution in [2.24, 2.45) is 0 Å². The summed E-state index contributed by atoms with van der Waals surface area (Å²) in [7, 11) is 0. The Morgan fingerprint density at radius 3 is 0.750 bits per heavy atom. The van der Waals surface area contributed by atoms with E-state index < -0.39 is 0 Å². The molecule has 0 aliphatic heterocycles. The summed E-state index contributed by atoms with van der Waals surface area (Å²) in [5, 5.41) is 0. The minimum Gasteiger partial charge on any atom is -0.0622 e. The zero-order chi connectivity index (χ0) is 24.2. The van der Waals surface area contributed by atoms with E-state index in [0.29, 0.717) is 0 Å². The molecule has 0 saturated heterocycles. The quantitative estimate of drug-likeness (QED) is 0.241. The molecule has 0 aliphatic carbocycles. The average Bonchev–Trinajstić information content (AvgIpc) is 2.98. The molecular weight excluding hydrogens is 432 g/mol. The lowest BCUT2D eigenvalue weighted by Crippen LogP contribution is -1.87. The van der Waals surface area contributed by atoms with Crippen LogP contribution in [0.2, 0.25) is 0 Å². The van der Waals surface area contributed by atoms with E-state index in [-0.39, 0.29) is 0 Å². The Hall–Kier alpha value is -4.68. The first-order valence-corrected chi connectivity index (χ1v) is 12.4. The van der Waals surface area contributed by atoms with Gasteiger partial charge < -0.3 is 0 Å². The monoisotopic (exact) mass is 458 g/mol. The van der Waals surface area contributed by atoms with Crippen molar-refractivity contribution in [1.29, 1.82) is 0 Å². The Morgan fingerprint density at radius 1 is 0.167 bits per heavy atom. The van der Waals surface area contributed by atoms with Gasteiger partial charge in [0.2, 0.25) is 0 Å². The molecule has 6 aromatic rings. The first-order chi connectivity index (χ1) is 17.8. The van der Waals surface area contributed by atoms with Gasteiger partial charge in [-0.2, -0.15) is 0 Å². The minimum absolute atomic E-state index is 1.22. The minimum atomic E-state index is 1.22. The highest BCUT2D eigenvalue weighted by Gasteiger charge is 2.09. The van der Waals surface area contributed by atoms with Crippen molar-refractivity contribution >= 4 is 0 Å². The molecule has 0 aliphatic rings. The van der Waals surface area contributed by atoms with Crippen molar-refractivity contribution in [1.82, 2.24) is 0 Å². The van der Waals surface area contributed by atoms with Gasteiger partial charge in [-0.05, 0) is 86.0 Å². The van der Waals surface area contributed by atoms with E-state index in [1.807, 2.05) is 0 Å². The van der Waals surface area contributed by atoms with E-state index in [1.54, 1.807) is 0 Å². The second-order valence-electron chi connectivity index (χ2n) is 9.06. The van der Waals surface area contributed by atoms with E-state index in [0.717, 1.165) is 0 Å². The summed E-state index contributed by atoms with van der Waals surface area (Å²) in [6.45, 7) is 0. The van der Waals surface area contributed by atoms with Crippen molar-refractivity contribution in [2.45, 2.75) is 0 Å². The lowest BCUT2D eigenvalue weighted by atomic mass is 9.91. The summed E-state index contributed by atoms with van der Waals surface area (Å²) >= 11 is 0. The number of benzene rings is 6. The van der Waals surface area contributed by atoms with E-state index in [2.05, 4.69) is 158 Å². The largest absolute Gasteiger partial charge is 0.0622 e. The van der Waals surface area contributed by atoms with Gasteiger partial charge in [-0.1, -0.05) is 127 Å². The normalized spacial score (nSPS) is 10.8. The molecule has 0 heterocycles. The Balaban J connectivity index is 1.50. The van der Waals surface area contributed by atoms with Crippen LogP contribution in [0.25, 0.3) is 55.6 Å². The molecule has 36 heavy (non-hydrogen) atoms. The molecule has 0 atom stereocenters. The molecule has 6 aromatic carbocycles. The molecular formula is C36H26. The fourth-order valence-corrected chi connectivity index (χ4v) is 4.78. The molecule has 0 saturated carbocycles. The smallest absolute Gasteiger partial charge is 0.0171 e. The lowest BCUT2D eigenvalue weighted by molar-refractivity contribution is 1.55. The van der Waals surface area contributed by atoms with Crippen LogP contribution in [0, 0.1) is 0 Å². The third kappa shape index (κ3) is 4.62. The molecule has 170 valence electrons. The molecule has 0 fully saturated rings. The van der Waals surface area contributed by atoms with Gasteiger partial charge in [-0.3, -0.25) is 0 Å². The van der Waals surface area contributed by atoms with Crippen molar-refractivity contribution in [3.63, 3.8) is 0 Å². The molecule has 0 aromatic heterocycles. The summed E-state index contributed by atoms with van der Waals surface area (Å²) < 4.78 is 0. The van der Waals surface area contributed by atoms with Crippen LogP contribution in [0.4, 0.5) is 0 Å². The summed E-state index contributed by atoms with van der Waals surface area (Å²) in [4.78, 5) is 0. The maximum Gasteiger partial charge on any atom is -0.0171 e. The van der Waals surface area contributed by atoms with Crippen LogP contribution in [-0.2, 0) is 0 Å². The first-order valence-electron chi connectivity index (χ1n) is 12.4. The van der Waals surface area contributed by atoms with Crippen LogP contribution < -0.4 is 0 Å². The zero-order valence-electron chi connectivity index (χ0n) is 20.0. The maximum atomic E-state index is 2.32. The van der Waals surface area contributed by atoms with Crippen LogP contribution >= 0.6 is 0 Å². The van der Waals surface area contributed by atoms with Gasteiger partial charge in [0.1, 0.15) is 0 Å². The highest BCUT2D eigenvalue weighted by Crippen LogP contribution is 2.35. The van der Waals surface area contributed by atoms with Gasteiger partial charge in [0.15, 0.2) is 0 Å². The molecule has 0 spiro atoms. The SMILES string of the molecule is c1ccc(-c2cccc(-c3cc(-c4ccccc4)cc(-c4cccc(-c5ccccc5)c4)c3)c2)cc1. The highest BCUT2D eigenvalue weighted by atomic mass is 14.1. The van der Waals surface area contributed by atoms with Crippen LogP contribution in [0.3, 0.4) is 0 Å². The summed E-state index contributed by atoms with van der Waals surface area (Å²) in [6.07, 6.45) is 0. The number of hydrogen-bond donors (Lipinski definition) is 0. The lowest BCUT2D eigenvalue weighted by Gasteiger charge is -2.13. The van der Waals surface area contributed by atoms with Crippen molar-refractivity contribution < 1.29 is 0 Å². The predicted octanol–water partition coefficient (Wildman–Crippen LogP) is 10.0. The van der Waals surface area contributed by atoms with Crippen LogP contribution in [-0.4, -0.2) is 0 Å². The van der Waals surface area contributed by atoms with Crippen molar-refractivity contribution in [3.05, 3.63) is 158 Å². The summed E-state index contributed by atoms with van der Waals surface area (Å²) in [6, 6.07) is 56.4. The second kappa shape index (κ2) is 9.90. The third-order valence-corrected chi connectivity index (χ3v) is 6.65.